The molecule has 2 aromatic heterocycles. The largest absolute Gasteiger partial charge is 0.333 e. The predicted octanol–water partition coefficient (Wildman–Crippen LogP) is 8.69. The molecule has 0 radical (unpaired) electrons. The van der Waals surface area contributed by atoms with Gasteiger partial charge < -0.3 is 9.13 Å². The molecule has 4 nitrogen and oxygen atoms in total. The number of unbranched alkanes of at least 4 members (excludes halogenated alkanes) is 11. The first-order valence-electron chi connectivity index (χ1n) is 14.1. The molecule has 36 heavy (non-hydrogen) atoms. The molecule has 206 valence electrons. The minimum Gasteiger partial charge on any atom is -0.333 e. The van der Waals surface area contributed by atoms with Crippen molar-refractivity contribution in [3.8, 4) is 0 Å². The van der Waals surface area contributed by atoms with Crippen molar-refractivity contribution in [2.24, 2.45) is 0 Å². The molecule has 0 bridgehead atoms. The molecular weight excluding hydrogens is 576 g/mol. The van der Waals surface area contributed by atoms with E-state index in [1.54, 1.807) is 0 Å². The molecule has 6 heteroatoms. The van der Waals surface area contributed by atoms with Gasteiger partial charge in [-0.2, -0.15) is 0 Å². The van der Waals surface area contributed by atoms with E-state index < -0.39 is 0 Å². The lowest BCUT2D eigenvalue weighted by molar-refractivity contribution is 0.512. The summed E-state index contributed by atoms with van der Waals surface area (Å²) < 4.78 is 4.27. The highest BCUT2D eigenvalue weighted by Gasteiger charge is 2.01. The second-order valence-corrected chi connectivity index (χ2v) is 9.89. The zero-order chi connectivity index (χ0) is 24.4. The van der Waals surface area contributed by atoms with Gasteiger partial charge in [-0.1, -0.05) is 90.2 Å². The summed E-state index contributed by atoms with van der Waals surface area (Å²) in [6.07, 6.45) is 23.9. The fraction of sp³-hybridized carbons (Fsp3) is 0.667. The average Bonchev–Trinajstić information content (AvgIpc) is 2.85. The summed E-state index contributed by atoms with van der Waals surface area (Å²) in [5, 5.41) is 16.8. The van der Waals surface area contributed by atoms with Crippen LogP contribution in [0.2, 0.25) is 0 Å². The van der Waals surface area contributed by atoms with Crippen LogP contribution in [0, 0.1) is 10.8 Å². The standard InChI is InChI=1S/C30H50N4.2BrH/c1-3-5-19-27-21-17-25-33(29(27)31)23-15-13-11-9-7-8-10-12-14-16-24-34-26-18-22-28(30(34)32)20-6-4-2;;/h17-18,21-22,25-26,31-32H,3-16,19-20,23-24H2,1-2H3;2*1H. The highest BCUT2D eigenvalue weighted by molar-refractivity contribution is 8.93. The third-order valence-electron chi connectivity index (χ3n) is 6.96. The van der Waals surface area contributed by atoms with Gasteiger partial charge in [-0.3, -0.25) is 10.8 Å². The average molecular weight is 629 g/mol. The monoisotopic (exact) mass is 626 g/mol. The van der Waals surface area contributed by atoms with E-state index in [2.05, 4.69) is 59.6 Å². The molecule has 2 aromatic rings. The second kappa shape index (κ2) is 21.9. The Labute approximate surface area is 241 Å². The zero-order valence-electron chi connectivity index (χ0n) is 22.9. The van der Waals surface area contributed by atoms with E-state index in [4.69, 9.17) is 10.8 Å². The zero-order valence-corrected chi connectivity index (χ0v) is 26.3. The van der Waals surface area contributed by atoms with Crippen LogP contribution in [0.4, 0.5) is 0 Å². The third-order valence-corrected chi connectivity index (χ3v) is 6.96. The molecule has 0 atom stereocenters. The van der Waals surface area contributed by atoms with Gasteiger partial charge in [0.05, 0.1) is 0 Å². The van der Waals surface area contributed by atoms with Crippen molar-refractivity contribution in [2.45, 2.75) is 130 Å². The minimum atomic E-state index is 0. The van der Waals surface area contributed by atoms with Gasteiger partial charge in [0.2, 0.25) is 0 Å². The number of rotatable bonds is 19. The summed E-state index contributed by atoms with van der Waals surface area (Å²) in [4.78, 5) is 0. The summed E-state index contributed by atoms with van der Waals surface area (Å²) in [7, 11) is 0. The Kier molecular flexibility index (Phi) is 21.2. The third kappa shape index (κ3) is 13.4. The van der Waals surface area contributed by atoms with Crippen molar-refractivity contribution in [2.75, 3.05) is 0 Å². The van der Waals surface area contributed by atoms with Crippen molar-refractivity contribution in [1.82, 2.24) is 9.13 Å². The molecule has 2 N–H and O–H groups in total. The molecule has 0 aliphatic rings. The Balaban J connectivity index is 0.00000612. The van der Waals surface area contributed by atoms with Gasteiger partial charge >= 0.3 is 0 Å². The number of nitrogens with zero attached hydrogens (tertiary/aromatic N) is 2. The molecule has 0 saturated heterocycles. The van der Waals surface area contributed by atoms with E-state index in [1.165, 1.54) is 101 Å². The van der Waals surface area contributed by atoms with E-state index in [-0.39, 0.29) is 34.0 Å². The van der Waals surface area contributed by atoms with E-state index in [0.29, 0.717) is 0 Å². The van der Waals surface area contributed by atoms with E-state index in [0.717, 1.165) is 36.9 Å². The van der Waals surface area contributed by atoms with E-state index in [9.17, 15) is 0 Å². The minimum absolute atomic E-state index is 0. The topological polar surface area (TPSA) is 57.6 Å². The molecule has 0 unspecified atom stereocenters. The van der Waals surface area contributed by atoms with Gasteiger partial charge in [0.25, 0.3) is 0 Å². The van der Waals surface area contributed by atoms with Gasteiger partial charge in [0, 0.05) is 25.5 Å². The maximum absolute atomic E-state index is 8.41. The van der Waals surface area contributed by atoms with Crippen LogP contribution in [0.5, 0.6) is 0 Å². The summed E-state index contributed by atoms with van der Waals surface area (Å²) in [5.74, 6) is 0. The normalized spacial score (nSPS) is 10.6. The number of hydrogen-bond acceptors (Lipinski definition) is 2. The van der Waals surface area contributed by atoms with Gasteiger partial charge in [-0.05, 0) is 61.8 Å². The Bertz CT molecular complexity index is 844. The summed E-state index contributed by atoms with van der Waals surface area (Å²) >= 11 is 0. The summed E-state index contributed by atoms with van der Waals surface area (Å²) in [6, 6.07) is 8.45. The smallest absolute Gasteiger partial charge is 0.127 e. The first kappa shape index (κ1) is 34.9. The highest BCUT2D eigenvalue weighted by Crippen LogP contribution is 2.11. The Morgan fingerprint density at radius 3 is 1.19 bits per heavy atom. The number of aryl methyl sites for hydroxylation is 4. The molecule has 0 aliphatic heterocycles. The van der Waals surface area contributed by atoms with Crippen LogP contribution < -0.4 is 11.0 Å². The van der Waals surface area contributed by atoms with Gasteiger partial charge in [-0.25, -0.2) is 0 Å². The van der Waals surface area contributed by atoms with Crippen molar-refractivity contribution >= 4 is 34.0 Å². The summed E-state index contributed by atoms with van der Waals surface area (Å²) in [6.45, 7) is 6.39. The van der Waals surface area contributed by atoms with E-state index in [1.807, 2.05) is 0 Å². The van der Waals surface area contributed by atoms with Crippen LogP contribution in [0.3, 0.4) is 0 Å². The molecule has 0 aliphatic carbocycles. The molecule has 0 amide bonds. The van der Waals surface area contributed by atoms with Crippen LogP contribution in [0.25, 0.3) is 0 Å². The predicted molar refractivity (Wildman–Crippen MR) is 165 cm³/mol. The van der Waals surface area contributed by atoms with Crippen molar-refractivity contribution < 1.29 is 0 Å². The number of aromatic nitrogens is 2. The van der Waals surface area contributed by atoms with Crippen LogP contribution >= 0.6 is 34.0 Å². The number of nitrogens with one attached hydrogen (secondary N) is 2. The fourth-order valence-electron chi connectivity index (χ4n) is 4.69. The highest BCUT2D eigenvalue weighted by atomic mass is 79.9. The quantitative estimate of drug-likeness (QED) is 0.146. The van der Waals surface area contributed by atoms with Crippen LogP contribution in [0.15, 0.2) is 36.7 Å². The maximum atomic E-state index is 8.41. The first-order valence-corrected chi connectivity index (χ1v) is 14.1. The van der Waals surface area contributed by atoms with Crippen LogP contribution in [0.1, 0.15) is 115 Å². The van der Waals surface area contributed by atoms with E-state index >= 15 is 0 Å². The Morgan fingerprint density at radius 2 is 0.861 bits per heavy atom. The number of halogens is 2. The van der Waals surface area contributed by atoms with Gasteiger partial charge in [0.15, 0.2) is 0 Å². The Hall–Kier alpha value is -1.14. The summed E-state index contributed by atoms with van der Waals surface area (Å²) in [5.41, 5.74) is 3.84. The van der Waals surface area contributed by atoms with Gasteiger partial charge in [0.1, 0.15) is 11.0 Å². The lowest BCUT2D eigenvalue weighted by atomic mass is 10.1. The Morgan fingerprint density at radius 1 is 0.528 bits per heavy atom. The molecule has 0 spiro atoms. The molecule has 0 fully saturated rings. The van der Waals surface area contributed by atoms with Crippen molar-refractivity contribution in [1.29, 1.82) is 10.8 Å². The molecule has 2 heterocycles. The van der Waals surface area contributed by atoms with Gasteiger partial charge in [-0.15, -0.1) is 34.0 Å². The first-order chi connectivity index (χ1) is 16.7. The van der Waals surface area contributed by atoms with Crippen molar-refractivity contribution in [3.63, 3.8) is 0 Å². The number of pyridine rings is 2. The van der Waals surface area contributed by atoms with Crippen LogP contribution in [-0.2, 0) is 25.9 Å². The maximum Gasteiger partial charge on any atom is 0.127 e. The molecule has 0 aromatic carbocycles. The second-order valence-electron chi connectivity index (χ2n) is 9.89. The number of hydrogen-bond donors (Lipinski definition) is 2. The van der Waals surface area contributed by atoms with Crippen molar-refractivity contribution in [3.05, 3.63) is 58.8 Å². The molecule has 0 saturated carbocycles. The molecular formula is C30H52Br2N4. The lowest BCUT2D eigenvalue weighted by Crippen LogP contribution is -2.23. The molecule has 2 rings (SSSR count). The SMILES string of the molecule is Br.Br.CCCCc1cccn(CCCCCCCCCCCCn2cccc(CCCC)c2=N)c1=N. The van der Waals surface area contributed by atoms with Crippen LogP contribution in [-0.4, -0.2) is 9.13 Å². The lowest BCUT2D eigenvalue weighted by Gasteiger charge is -2.10. The fourth-order valence-corrected chi connectivity index (χ4v) is 4.69.